The van der Waals surface area contributed by atoms with Gasteiger partial charge < -0.3 is 10.1 Å². The van der Waals surface area contributed by atoms with Crippen molar-refractivity contribution in [3.05, 3.63) is 28.5 Å². The molecular weight excluding hydrogens is 309 g/mol. The van der Waals surface area contributed by atoms with Crippen molar-refractivity contribution in [1.29, 1.82) is 0 Å². The first-order valence-electron chi connectivity index (χ1n) is 6.83. The van der Waals surface area contributed by atoms with Crippen LogP contribution >= 0.6 is 15.9 Å². The van der Waals surface area contributed by atoms with Crippen molar-refractivity contribution in [3.63, 3.8) is 0 Å². The molecule has 3 rings (SSSR count). The van der Waals surface area contributed by atoms with Crippen molar-refractivity contribution in [2.75, 3.05) is 11.9 Å². The summed E-state index contributed by atoms with van der Waals surface area (Å²) in [5.74, 6) is 0.307. The van der Waals surface area contributed by atoms with E-state index in [1.54, 1.807) is 6.07 Å². The van der Waals surface area contributed by atoms with Crippen LogP contribution in [0.15, 0.2) is 22.7 Å². The average molecular weight is 328 g/mol. The van der Waals surface area contributed by atoms with Gasteiger partial charge >= 0.3 is 0 Å². The Morgan fingerprint density at radius 3 is 3.00 bits per heavy atom. The van der Waals surface area contributed by atoms with Gasteiger partial charge in [0.05, 0.1) is 11.8 Å². The zero-order valence-corrected chi connectivity index (χ0v) is 12.8. The molecule has 2 nitrogen and oxygen atoms in total. The molecule has 1 aliphatic carbocycles. The van der Waals surface area contributed by atoms with Crippen LogP contribution in [0, 0.1) is 17.2 Å². The van der Waals surface area contributed by atoms with E-state index in [4.69, 9.17) is 4.74 Å². The van der Waals surface area contributed by atoms with Gasteiger partial charge in [-0.1, -0.05) is 29.8 Å². The molecule has 0 bridgehead atoms. The molecular formula is C15H19BrFNO. The van der Waals surface area contributed by atoms with E-state index < -0.39 is 0 Å². The van der Waals surface area contributed by atoms with E-state index in [9.17, 15) is 4.39 Å². The minimum absolute atomic E-state index is 0.0554. The van der Waals surface area contributed by atoms with Gasteiger partial charge in [-0.15, -0.1) is 0 Å². The molecule has 1 aliphatic heterocycles. The standard InChI is InChI=1S/C15H19BrFNO/c1-15(2)13(10-4-3-7-19-14(10)15)18-12-8-9(16)5-6-11(12)17/h5-6,8,10,13-14,18H,3-4,7H2,1-2H3. The third-order valence-electron chi connectivity index (χ3n) is 4.57. The molecule has 4 heteroatoms. The van der Waals surface area contributed by atoms with Gasteiger partial charge in [0.25, 0.3) is 0 Å². The molecule has 19 heavy (non-hydrogen) atoms. The molecule has 0 aromatic heterocycles. The van der Waals surface area contributed by atoms with E-state index in [2.05, 4.69) is 35.1 Å². The number of hydrogen-bond acceptors (Lipinski definition) is 2. The van der Waals surface area contributed by atoms with E-state index in [0.717, 1.165) is 17.5 Å². The third kappa shape index (κ3) is 2.19. The van der Waals surface area contributed by atoms with Gasteiger partial charge in [-0.2, -0.15) is 0 Å². The smallest absolute Gasteiger partial charge is 0.146 e. The maximum absolute atomic E-state index is 13.9. The van der Waals surface area contributed by atoms with Crippen LogP contribution in [-0.2, 0) is 4.74 Å². The number of ether oxygens (including phenoxy) is 1. The minimum atomic E-state index is -0.195. The van der Waals surface area contributed by atoms with E-state index in [-0.39, 0.29) is 17.3 Å². The fourth-order valence-electron chi connectivity index (χ4n) is 3.59. The molecule has 1 aromatic rings. The number of rotatable bonds is 2. The van der Waals surface area contributed by atoms with Crippen molar-refractivity contribution >= 4 is 21.6 Å². The number of benzene rings is 1. The molecule has 3 atom stereocenters. The van der Waals surface area contributed by atoms with Crippen molar-refractivity contribution in [2.24, 2.45) is 11.3 Å². The lowest BCUT2D eigenvalue weighted by atomic mass is 9.55. The minimum Gasteiger partial charge on any atom is -0.379 e. The molecule has 1 aromatic carbocycles. The molecule has 3 unspecified atom stereocenters. The number of hydrogen-bond donors (Lipinski definition) is 1. The maximum atomic E-state index is 13.9. The summed E-state index contributed by atoms with van der Waals surface area (Å²) in [6.45, 7) is 5.27. The van der Waals surface area contributed by atoms with Crippen LogP contribution < -0.4 is 5.32 Å². The first kappa shape index (κ1) is 13.4. The van der Waals surface area contributed by atoms with Crippen LogP contribution in [0.1, 0.15) is 26.7 Å². The van der Waals surface area contributed by atoms with Crippen LogP contribution in [0.2, 0.25) is 0 Å². The lowest BCUT2D eigenvalue weighted by Crippen LogP contribution is -2.67. The van der Waals surface area contributed by atoms with Gasteiger partial charge in [-0.3, -0.25) is 0 Å². The van der Waals surface area contributed by atoms with Gasteiger partial charge in [0, 0.05) is 28.5 Å². The molecule has 0 spiro atoms. The Morgan fingerprint density at radius 1 is 1.42 bits per heavy atom. The molecule has 1 heterocycles. The Bertz CT molecular complexity index is 491. The molecule has 1 N–H and O–H groups in total. The number of halogens is 2. The highest BCUT2D eigenvalue weighted by molar-refractivity contribution is 9.10. The second-order valence-electron chi connectivity index (χ2n) is 6.17. The molecule has 0 amide bonds. The summed E-state index contributed by atoms with van der Waals surface area (Å²) in [5, 5.41) is 3.39. The van der Waals surface area contributed by atoms with Gasteiger partial charge in [0.1, 0.15) is 5.82 Å². The Hall–Kier alpha value is -0.610. The zero-order valence-electron chi connectivity index (χ0n) is 11.2. The second kappa shape index (κ2) is 4.74. The average Bonchev–Trinajstić information content (AvgIpc) is 2.39. The molecule has 0 radical (unpaired) electrons. The van der Waals surface area contributed by atoms with Crippen molar-refractivity contribution in [1.82, 2.24) is 0 Å². The summed E-state index contributed by atoms with van der Waals surface area (Å²) in [5.41, 5.74) is 0.635. The van der Waals surface area contributed by atoms with Crippen molar-refractivity contribution in [3.8, 4) is 0 Å². The summed E-state index contributed by atoms with van der Waals surface area (Å²) >= 11 is 3.39. The van der Waals surface area contributed by atoms with Gasteiger partial charge in [-0.25, -0.2) is 4.39 Å². The second-order valence-corrected chi connectivity index (χ2v) is 7.08. The van der Waals surface area contributed by atoms with Gasteiger partial charge in [0.15, 0.2) is 0 Å². The van der Waals surface area contributed by atoms with Crippen molar-refractivity contribution in [2.45, 2.75) is 38.8 Å². The molecule has 104 valence electrons. The lowest BCUT2D eigenvalue weighted by Gasteiger charge is -2.60. The largest absolute Gasteiger partial charge is 0.379 e. The normalized spacial score (nSPS) is 32.3. The molecule has 1 saturated heterocycles. The first-order chi connectivity index (χ1) is 9.00. The summed E-state index contributed by atoms with van der Waals surface area (Å²) in [4.78, 5) is 0. The van der Waals surface area contributed by atoms with Crippen LogP contribution in [0.25, 0.3) is 0 Å². The molecule has 2 aliphatic rings. The number of fused-ring (bicyclic) bond motifs is 1. The van der Waals surface area contributed by atoms with Crippen LogP contribution in [-0.4, -0.2) is 18.8 Å². The summed E-state index contributed by atoms with van der Waals surface area (Å²) in [6, 6.07) is 5.30. The van der Waals surface area contributed by atoms with Gasteiger partial charge in [0.2, 0.25) is 0 Å². The molecule has 1 saturated carbocycles. The monoisotopic (exact) mass is 327 g/mol. The summed E-state index contributed by atoms with van der Waals surface area (Å²) in [6.07, 6.45) is 2.59. The number of nitrogens with one attached hydrogen (secondary N) is 1. The lowest BCUT2D eigenvalue weighted by molar-refractivity contribution is -0.177. The highest BCUT2D eigenvalue weighted by Crippen LogP contribution is 2.52. The maximum Gasteiger partial charge on any atom is 0.146 e. The first-order valence-corrected chi connectivity index (χ1v) is 7.62. The predicted octanol–water partition coefficient (Wildman–Crippen LogP) is 4.20. The SMILES string of the molecule is CC1(C)C(Nc2cc(Br)ccc2F)C2CCCOC21. The van der Waals surface area contributed by atoms with Crippen LogP contribution in [0.4, 0.5) is 10.1 Å². The van der Waals surface area contributed by atoms with Crippen LogP contribution in [0.3, 0.4) is 0 Å². The quantitative estimate of drug-likeness (QED) is 0.878. The third-order valence-corrected chi connectivity index (χ3v) is 5.06. The Balaban J connectivity index is 1.81. The Labute approximate surface area is 121 Å². The zero-order chi connectivity index (χ0) is 13.6. The Kier molecular flexibility index (Phi) is 3.34. The topological polar surface area (TPSA) is 21.3 Å². The van der Waals surface area contributed by atoms with E-state index in [1.807, 2.05) is 6.07 Å². The Morgan fingerprint density at radius 2 is 2.21 bits per heavy atom. The molecule has 2 fully saturated rings. The van der Waals surface area contributed by atoms with Gasteiger partial charge in [-0.05, 0) is 31.0 Å². The van der Waals surface area contributed by atoms with E-state index in [1.165, 1.54) is 12.5 Å². The van der Waals surface area contributed by atoms with Crippen molar-refractivity contribution < 1.29 is 9.13 Å². The summed E-state index contributed by atoms with van der Waals surface area (Å²) < 4.78 is 20.6. The highest BCUT2D eigenvalue weighted by atomic mass is 79.9. The van der Waals surface area contributed by atoms with E-state index >= 15 is 0 Å². The fourth-order valence-corrected chi connectivity index (χ4v) is 3.95. The summed E-state index contributed by atoms with van der Waals surface area (Å²) in [7, 11) is 0. The fraction of sp³-hybridized carbons (Fsp3) is 0.600. The van der Waals surface area contributed by atoms with Crippen LogP contribution in [0.5, 0.6) is 0 Å². The predicted molar refractivity (Wildman–Crippen MR) is 77.8 cm³/mol. The number of anilines is 1. The highest BCUT2D eigenvalue weighted by Gasteiger charge is 2.58. The van der Waals surface area contributed by atoms with E-state index in [0.29, 0.717) is 17.7 Å².